The van der Waals surface area contributed by atoms with E-state index in [0.717, 1.165) is 25.8 Å². The summed E-state index contributed by atoms with van der Waals surface area (Å²) >= 11 is 0. The van der Waals surface area contributed by atoms with E-state index >= 15 is 0 Å². The van der Waals surface area contributed by atoms with Crippen LogP contribution in [0.2, 0.25) is 0 Å². The fourth-order valence-electron chi connectivity index (χ4n) is 2.11. The van der Waals surface area contributed by atoms with Gasteiger partial charge in [0.1, 0.15) is 0 Å². The maximum Gasteiger partial charge on any atom is 0.220 e. The largest absolute Gasteiger partial charge is 0.356 e. The highest BCUT2D eigenvalue weighted by atomic mass is 16.1. The first-order valence-electron chi connectivity index (χ1n) is 7.24. The monoisotopic (exact) mass is 256 g/mol. The molecule has 0 spiro atoms. The fourth-order valence-corrected chi connectivity index (χ4v) is 2.11. The summed E-state index contributed by atoms with van der Waals surface area (Å²) in [6, 6.07) is 0. The van der Waals surface area contributed by atoms with Crippen LogP contribution >= 0.6 is 0 Å². The van der Waals surface area contributed by atoms with Gasteiger partial charge in [-0.1, -0.05) is 34.6 Å². The summed E-state index contributed by atoms with van der Waals surface area (Å²) in [6.07, 6.45) is 3.62. The minimum Gasteiger partial charge on any atom is -0.356 e. The zero-order valence-corrected chi connectivity index (χ0v) is 12.9. The predicted molar refractivity (Wildman–Crippen MR) is 78.3 cm³/mol. The topological polar surface area (TPSA) is 55.1 Å². The molecule has 0 radical (unpaired) electrons. The van der Waals surface area contributed by atoms with Crippen LogP contribution in [0.1, 0.15) is 60.3 Å². The van der Waals surface area contributed by atoms with Gasteiger partial charge >= 0.3 is 0 Å². The fraction of sp³-hybridized carbons (Fsp3) is 0.933. The molecule has 0 bridgehead atoms. The molecule has 0 aliphatic heterocycles. The second kappa shape index (κ2) is 8.52. The SMILES string of the molecule is CC(C)CCNC(=O)CCC(CCN)C(C)(C)C. The van der Waals surface area contributed by atoms with E-state index in [4.69, 9.17) is 5.73 Å². The first-order valence-corrected chi connectivity index (χ1v) is 7.24. The normalized spacial score (nSPS) is 13.7. The molecule has 0 heterocycles. The molecule has 108 valence electrons. The Morgan fingerprint density at radius 2 is 1.78 bits per heavy atom. The van der Waals surface area contributed by atoms with Crippen LogP contribution in [0.3, 0.4) is 0 Å². The van der Waals surface area contributed by atoms with E-state index in [1.54, 1.807) is 0 Å². The number of hydrogen-bond donors (Lipinski definition) is 2. The summed E-state index contributed by atoms with van der Waals surface area (Å²) in [7, 11) is 0. The number of carbonyl (C=O) groups excluding carboxylic acids is 1. The molecule has 0 saturated heterocycles. The molecule has 18 heavy (non-hydrogen) atoms. The molecule has 0 aromatic rings. The molecule has 0 fully saturated rings. The van der Waals surface area contributed by atoms with Gasteiger partial charge in [0.25, 0.3) is 0 Å². The zero-order chi connectivity index (χ0) is 14.2. The minimum atomic E-state index is 0.182. The lowest BCUT2D eigenvalue weighted by Crippen LogP contribution is -2.28. The van der Waals surface area contributed by atoms with Gasteiger partial charge in [-0.05, 0) is 43.1 Å². The van der Waals surface area contributed by atoms with Crippen molar-refractivity contribution in [2.75, 3.05) is 13.1 Å². The quantitative estimate of drug-likeness (QED) is 0.701. The highest BCUT2D eigenvalue weighted by Crippen LogP contribution is 2.31. The van der Waals surface area contributed by atoms with Gasteiger partial charge in [0.15, 0.2) is 0 Å². The van der Waals surface area contributed by atoms with Crippen LogP contribution in [0.25, 0.3) is 0 Å². The second-order valence-electron chi connectivity index (χ2n) is 6.71. The Morgan fingerprint density at radius 3 is 2.22 bits per heavy atom. The van der Waals surface area contributed by atoms with Crippen molar-refractivity contribution in [3.05, 3.63) is 0 Å². The van der Waals surface area contributed by atoms with Crippen LogP contribution in [0.15, 0.2) is 0 Å². The number of rotatable bonds is 8. The van der Waals surface area contributed by atoms with Crippen molar-refractivity contribution in [3.8, 4) is 0 Å². The first kappa shape index (κ1) is 17.4. The lowest BCUT2D eigenvalue weighted by Gasteiger charge is -2.30. The average molecular weight is 256 g/mol. The van der Waals surface area contributed by atoms with E-state index in [1.165, 1.54) is 0 Å². The summed E-state index contributed by atoms with van der Waals surface area (Å²) in [5.41, 5.74) is 5.88. The molecular weight excluding hydrogens is 224 g/mol. The second-order valence-corrected chi connectivity index (χ2v) is 6.71. The van der Waals surface area contributed by atoms with Gasteiger partial charge in [-0.25, -0.2) is 0 Å². The van der Waals surface area contributed by atoms with Crippen molar-refractivity contribution >= 4 is 5.91 Å². The number of hydrogen-bond acceptors (Lipinski definition) is 2. The smallest absolute Gasteiger partial charge is 0.220 e. The highest BCUT2D eigenvalue weighted by Gasteiger charge is 2.24. The molecule has 1 amide bonds. The number of carbonyl (C=O) groups is 1. The van der Waals surface area contributed by atoms with Gasteiger partial charge in [0.05, 0.1) is 0 Å². The molecule has 0 saturated carbocycles. The number of amides is 1. The van der Waals surface area contributed by atoms with Gasteiger partial charge in [-0.15, -0.1) is 0 Å². The third kappa shape index (κ3) is 8.51. The molecular formula is C15H32N2O. The number of nitrogens with two attached hydrogens (primary N) is 1. The Balaban J connectivity index is 3.93. The molecule has 1 unspecified atom stereocenters. The Hall–Kier alpha value is -0.570. The van der Waals surface area contributed by atoms with E-state index in [9.17, 15) is 4.79 Å². The maximum atomic E-state index is 11.7. The number of nitrogens with one attached hydrogen (secondary N) is 1. The van der Waals surface area contributed by atoms with E-state index in [0.29, 0.717) is 24.8 Å². The van der Waals surface area contributed by atoms with Gasteiger partial charge in [-0.2, -0.15) is 0 Å². The molecule has 3 nitrogen and oxygen atoms in total. The van der Waals surface area contributed by atoms with Crippen molar-refractivity contribution in [2.24, 2.45) is 23.0 Å². The minimum absolute atomic E-state index is 0.182. The van der Waals surface area contributed by atoms with E-state index in [2.05, 4.69) is 39.9 Å². The van der Waals surface area contributed by atoms with Crippen molar-refractivity contribution in [1.82, 2.24) is 5.32 Å². The average Bonchev–Trinajstić information content (AvgIpc) is 2.21. The Labute approximate surface area is 113 Å². The summed E-state index contributed by atoms with van der Waals surface area (Å²) < 4.78 is 0. The van der Waals surface area contributed by atoms with Crippen molar-refractivity contribution in [2.45, 2.75) is 60.3 Å². The van der Waals surface area contributed by atoms with Gasteiger partial charge in [0.2, 0.25) is 5.91 Å². The maximum absolute atomic E-state index is 11.7. The van der Waals surface area contributed by atoms with Crippen LogP contribution < -0.4 is 11.1 Å². The molecule has 0 aliphatic carbocycles. The standard InChI is InChI=1S/C15H32N2O/c1-12(2)9-11-17-14(18)7-6-13(8-10-16)15(3,4)5/h12-13H,6-11,16H2,1-5H3,(H,17,18). The van der Waals surface area contributed by atoms with Crippen LogP contribution in [0.5, 0.6) is 0 Å². The Morgan fingerprint density at radius 1 is 1.17 bits per heavy atom. The van der Waals surface area contributed by atoms with Crippen LogP contribution in [0, 0.1) is 17.3 Å². The summed E-state index contributed by atoms with van der Waals surface area (Å²) in [5, 5.41) is 2.99. The van der Waals surface area contributed by atoms with Gasteiger partial charge in [0, 0.05) is 13.0 Å². The summed E-state index contributed by atoms with van der Waals surface area (Å²) in [4.78, 5) is 11.7. The Kier molecular flexibility index (Phi) is 8.25. The highest BCUT2D eigenvalue weighted by molar-refractivity contribution is 5.75. The lowest BCUT2D eigenvalue weighted by atomic mass is 9.76. The summed E-state index contributed by atoms with van der Waals surface area (Å²) in [5.74, 6) is 1.35. The van der Waals surface area contributed by atoms with E-state index in [-0.39, 0.29) is 11.3 Å². The summed E-state index contributed by atoms with van der Waals surface area (Å²) in [6.45, 7) is 12.5. The third-order valence-corrected chi connectivity index (χ3v) is 3.50. The van der Waals surface area contributed by atoms with Crippen molar-refractivity contribution in [1.29, 1.82) is 0 Å². The molecule has 1 atom stereocenters. The molecule has 0 aliphatic rings. The first-order chi connectivity index (χ1) is 8.27. The van der Waals surface area contributed by atoms with Crippen molar-refractivity contribution < 1.29 is 4.79 Å². The van der Waals surface area contributed by atoms with Crippen LogP contribution in [-0.2, 0) is 4.79 Å². The lowest BCUT2D eigenvalue weighted by molar-refractivity contribution is -0.121. The molecule has 0 aromatic carbocycles. The Bertz CT molecular complexity index is 231. The van der Waals surface area contributed by atoms with E-state index in [1.807, 2.05) is 0 Å². The third-order valence-electron chi connectivity index (χ3n) is 3.50. The molecule has 3 heteroatoms. The zero-order valence-electron chi connectivity index (χ0n) is 12.9. The molecule has 0 rings (SSSR count). The van der Waals surface area contributed by atoms with Gasteiger partial charge < -0.3 is 11.1 Å². The predicted octanol–water partition coefficient (Wildman–Crippen LogP) is 2.94. The van der Waals surface area contributed by atoms with E-state index < -0.39 is 0 Å². The molecule has 0 aromatic heterocycles. The molecule has 3 N–H and O–H groups in total. The van der Waals surface area contributed by atoms with Crippen LogP contribution in [0.4, 0.5) is 0 Å². The van der Waals surface area contributed by atoms with Crippen LogP contribution in [-0.4, -0.2) is 19.0 Å². The van der Waals surface area contributed by atoms with Gasteiger partial charge in [-0.3, -0.25) is 4.79 Å². The van der Waals surface area contributed by atoms with Crippen molar-refractivity contribution in [3.63, 3.8) is 0 Å².